The van der Waals surface area contributed by atoms with Crippen LogP contribution in [0, 0.1) is 12.7 Å². The van der Waals surface area contributed by atoms with Gasteiger partial charge in [-0.05, 0) is 53.8 Å². The molecule has 0 aromatic heterocycles. The van der Waals surface area contributed by atoms with Crippen LogP contribution in [0.15, 0.2) is 78.5 Å². The molecular formula is C27H25FN2O2. The van der Waals surface area contributed by atoms with Gasteiger partial charge in [0, 0.05) is 5.69 Å². The summed E-state index contributed by atoms with van der Waals surface area (Å²) in [5.41, 5.74) is 4.79. The van der Waals surface area contributed by atoms with Gasteiger partial charge >= 0.3 is 0 Å². The van der Waals surface area contributed by atoms with Gasteiger partial charge in [-0.3, -0.25) is 14.5 Å². The van der Waals surface area contributed by atoms with Crippen LogP contribution in [-0.4, -0.2) is 16.7 Å². The van der Waals surface area contributed by atoms with E-state index < -0.39 is 17.6 Å². The first-order chi connectivity index (χ1) is 15.3. The maximum absolute atomic E-state index is 13.5. The number of benzene rings is 3. The molecule has 1 aliphatic rings. The molecule has 0 fully saturated rings. The standard InChI is InChI=1S/C27H25FN2O2/c1-17(2)20-10-14-23(15-11-20)29-25-24(21-8-12-22(28)13-9-21)26(31)30(27(25)32)16-19-6-4-18(3)5-7-19/h4-15,17,29H,16H2,1-3H3. The Balaban J connectivity index is 1.70. The number of rotatable bonds is 6. The second-order valence-electron chi connectivity index (χ2n) is 8.34. The predicted molar refractivity (Wildman–Crippen MR) is 124 cm³/mol. The number of halogens is 1. The lowest BCUT2D eigenvalue weighted by molar-refractivity contribution is -0.137. The zero-order valence-electron chi connectivity index (χ0n) is 18.4. The Kier molecular flexibility index (Phi) is 5.91. The van der Waals surface area contributed by atoms with Gasteiger partial charge in [-0.2, -0.15) is 0 Å². The van der Waals surface area contributed by atoms with Crippen LogP contribution in [-0.2, 0) is 16.1 Å². The van der Waals surface area contributed by atoms with Crippen molar-refractivity contribution >= 4 is 23.1 Å². The number of carbonyl (C=O) groups is 2. The summed E-state index contributed by atoms with van der Waals surface area (Å²) in [5, 5.41) is 3.15. The number of imide groups is 1. The monoisotopic (exact) mass is 428 g/mol. The van der Waals surface area contributed by atoms with Crippen LogP contribution < -0.4 is 5.32 Å². The molecule has 162 valence electrons. The number of amides is 2. The van der Waals surface area contributed by atoms with Gasteiger partial charge in [0.05, 0.1) is 12.1 Å². The number of nitrogens with zero attached hydrogens (tertiary/aromatic N) is 1. The smallest absolute Gasteiger partial charge is 0.278 e. The summed E-state index contributed by atoms with van der Waals surface area (Å²) in [5.74, 6) is -0.814. The van der Waals surface area contributed by atoms with E-state index in [1.165, 1.54) is 34.7 Å². The number of hydrogen-bond donors (Lipinski definition) is 1. The molecule has 0 radical (unpaired) electrons. The molecular weight excluding hydrogens is 403 g/mol. The molecule has 0 saturated carbocycles. The minimum Gasteiger partial charge on any atom is -0.350 e. The van der Waals surface area contributed by atoms with E-state index in [-0.39, 0.29) is 17.8 Å². The van der Waals surface area contributed by atoms with E-state index in [2.05, 4.69) is 19.2 Å². The van der Waals surface area contributed by atoms with E-state index in [1.807, 2.05) is 55.5 Å². The second-order valence-corrected chi connectivity index (χ2v) is 8.34. The third-order valence-electron chi connectivity index (χ3n) is 5.61. The first-order valence-electron chi connectivity index (χ1n) is 10.6. The maximum atomic E-state index is 13.5. The highest BCUT2D eigenvalue weighted by Crippen LogP contribution is 2.32. The van der Waals surface area contributed by atoms with Crippen LogP contribution in [0.2, 0.25) is 0 Å². The van der Waals surface area contributed by atoms with E-state index >= 15 is 0 Å². The molecule has 1 aliphatic heterocycles. The van der Waals surface area contributed by atoms with Gasteiger partial charge in [-0.15, -0.1) is 0 Å². The fourth-order valence-corrected chi connectivity index (χ4v) is 3.69. The van der Waals surface area contributed by atoms with Gasteiger partial charge in [0.25, 0.3) is 11.8 Å². The number of hydrogen-bond acceptors (Lipinski definition) is 3. The third-order valence-corrected chi connectivity index (χ3v) is 5.61. The highest BCUT2D eigenvalue weighted by Gasteiger charge is 2.39. The summed E-state index contributed by atoms with van der Waals surface area (Å²) in [6, 6.07) is 21.1. The SMILES string of the molecule is Cc1ccc(CN2C(=O)C(Nc3ccc(C(C)C)cc3)=C(c3ccc(F)cc3)C2=O)cc1. The molecule has 3 aromatic carbocycles. The summed E-state index contributed by atoms with van der Waals surface area (Å²) < 4.78 is 13.5. The Labute approximate surface area is 187 Å². The Morgan fingerprint density at radius 2 is 1.47 bits per heavy atom. The largest absolute Gasteiger partial charge is 0.350 e. The van der Waals surface area contributed by atoms with Gasteiger partial charge in [0.15, 0.2) is 0 Å². The molecule has 0 spiro atoms. The first kappa shape index (κ1) is 21.5. The fourth-order valence-electron chi connectivity index (χ4n) is 3.69. The van der Waals surface area contributed by atoms with Gasteiger partial charge in [-0.25, -0.2) is 4.39 Å². The lowest BCUT2D eigenvalue weighted by atomic mass is 10.0. The molecule has 3 aromatic rings. The fraction of sp³-hybridized carbons (Fsp3) is 0.185. The Morgan fingerprint density at radius 1 is 0.844 bits per heavy atom. The van der Waals surface area contributed by atoms with Crippen LogP contribution in [0.25, 0.3) is 5.57 Å². The molecule has 5 heteroatoms. The van der Waals surface area contributed by atoms with Crippen molar-refractivity contribution in [1.29, 1.82) is 0 Å². The molecule has 0 atom stereocenters. The van der Waals surface area contributed by atoms with Crippen LogP contribution >= 0.6 is 0 Å². The number of carbonyl (C=O) groups excluding carboxylic acids is 2. The zero-order valence-corrected chi connectivity index (χ0v) is 18.4. The molecule has 0 unspecified atom stereocenters. The minimum absolute atomic E-state index is 0.167. The van der Waals surface area contributed by atoms with E-state index in [4.69, 9.17) is 0 Å². The minimum atomic E-state index is -0.401. The molecule has 4 nitrogen and oxygen atoms in total. The van der Waals surface area contributed by atoms with Crippen molar-refractivity contribution in [3.63, 3.8) is 0 Å². The normalized spacial score (nSPS) is 14.0. The lowest BCUT2D eigenvalue weighted by Crippen LogP contribution is -2.32. The predicted octanol–water partition coefficient (Wildman–Crippen LogP) is 5.65. The Hall–Kier alpha value is -3.73. The average Bonchev–Trinajstić information content (AvgIpc) is 3.00. The van der Waals surface area contributed by atoms with Gasteiger partial charge in [-0.1, -0.05) is 67.9 Å². The molecule has 0 aliphatic carbocycles. The number of anilines is 1. The van der Waals surface area contributed by atoms with E-state index in [9.17, 15) is 14.0 Å². The van der Waals surface area contributed by atoms with Gasteiger partial charge < -0.3 is 5.32 Å². The average molecular weight is 429 g/mol. The molecule has 4 rings (SSSR count). The van der Waals surface area contributed by atoms with Crippen LogP contribution in [0.1, 0.15) is 42.0 Å². The van der Waals surface area contributed by atoms with Gasteiger partial charge in [0.2, 0.25) is 0 Å². The van der Waals surface area contributed by atoms with Gasteiger partial charge in [0.1, 0.15) is 11.5 Å². The molecule has 0 bridgehead atoms. The molecule has 32 heavy (non-hydrogen) atoms. The number of aryl methyl sites for hydroxylation is 1. The summed E-state index contributed by atoms with van der Waals surface area (Å²) in [7, 11) is 0. The van der Waals surface area contributed by atoms with Crippen LogP contribution in [0.3, 0.4) is 0 Å². The summed E-state index contributed by atoms with van der Waals surface area (Å²) in [6.07, 6.45) is 0. The second kappa shape index (κ2) is 8.79. The summed E-state index contributed by atoms with van der Waals surface area (Å²) >= 11 is 0. The highest BCUT2D eigenvalue weighted by atomic mass is 19.1. The third kappa shape index (κ3) is 4.33. The van der Waals surface area contributed by atoms with E-state index in [0.717, 1.165) is 11.1 Å². The summed E-state index contributed by atoms with van der Waals surface area (Å²) in [4.78, 5) is 27.9. The maximum Gasteiger partial charge on any atom is 0.278 e. The van der Waals surface area contributed by atoms with Crippen molar-refractivity contribution in [1.82, 2.24) is 4.90 Å². The lowest BCUT2D eigenvalue weighted by Gasteiger charge is -2.16. The van der Waals surface area contributed by atoms with E-state index in [0.29, 0.717) is 17.2 Å². The van der Waals surface area contributed by atoms with Crippen molar-refractivity contribution in [3.05, 3.63) is 107 Å². The summed E-state index contributed by atoms with van der Waals surface area (Å²) in [6.45, 7) is 6.37. The molecule has 0 saturated heterocycles. The quantitative estimate of drug-likeness (QED) is 0.516. The van der Waals surface area contributed by atoms with Crippen LogP contribution in [0.5, 0.6) is 0 Å². The van der Waals surface area contributed by atoms with E-state index in [1.54, 1.807) is 0 Å². The zero-order chi connectivity index (χ0) is 22.8. The molecule has 1 heterocycles. The van der Waals surface area contributed by atoms with Crippen LogP contribution in [0.4, 0.5) is 10.1 Å². The van der Waals surface area contributed by atoms with Crippen molar-refractivity contribution in [3.8, 4) is 0 Å². The van der Waals surface area contributed by atoms with Crippen molar-refractivity contribution in [2.45, 2.75) is 33.2 Å². The first-order valence-corrected chi connectivity index (χ1v) is 10.6. The van der Waals surface area contributed by atoms with Crippen molar-refractivity contribution < 1.29 is 14.0 Å². The Morgan fingerprint density at radius 3 is 2.06 bits per heavy atom. The van der Waals surface area contributed by atoms with Crippen molar-refractivity contribution in [2.24, 2.45) is 0 Å². The highest BCUT2D eigenvalue weighted by molar-refractivity contribution is 6.36. The van der Waals surface area contributed by atoms with Crippen molar-refractivity contribution in [2.75, 3.05) is 5.32 Å². The topological polar surface area (TPSA) is 49.4 Å². The molecule has 2 amide bonds. The Bertz CT molecular complexity index is 1180. The number of nitrogens with one attached hydrogen (secondary N) is 1. The molecule has 1 N–H and O–H groups in total.